The summed E-state index contributed by atoms with van der Waals surface area (Å²) in [5.41, 5.74) is 6.46. The van der Waals surface area contributed by atoms with Crippen molar-refractivity contribution in [2.45, 2.75) is 0 Å². The zero-order valence-corrected chi connectivity index (χ0v) is 9.91. The van der Waals surface area contributed by atoms with Crippen LogP contribution in [0.1, 0.15) is 5.56 Å². The molecule has 1 aromatic rings. The van der Waals surface area contributed by atoms with E-state index in [-0.39, 0.29) is 11.4 Å². The smallest absolute Gasteiger partial charge is 0.239 e. The Balaban J connectivity index is 2.83. The largest absolute Gasteiger partial charge is 0.397 e. The minimum absolute atomic E-state index is 0.214. The van der Waals surface area contributed by atoms with Gasteiger partial charge in [0.15, 0.2) is 9.84 Å². The highest BCUT2D eigenvalue weighted by atomic mass is 32.2. The average molecular weight is 253 g/mol. The Hall–Kier alpha value is -2.07. The molecule has 0 saturated carbocycles. The molecule has 0 heterocycles. The number of anilines is 2. The number of nitrogen functional groups attached to an aromatic ring is 1. The molecule has 3 N–H and O–H groups in total. The predicted octanol–water partition coefficient (Wildman–Crippen LogP) is 0.124. The van der Waals surface area contributed by atoms with Crippen LogP contribution in [0.3, 0.4) is 0 Å². The maximum atomic E-state index is 11.3. The van der Waals surface area contributed by atoms with E-state index in [2.05, 4.69) is 5.32 Å². The quantitative estimate of drug-likeness (QED) is 0.743. The van der Waals surface area contributed by atoms with Gasteiger partial charge in [-0.2, -0.15) is 5.26 Å². The fourth-order valence-corrected chi connectivity index (χ4v) is 1.72. The van der Waals surface area contributed by atoms with Crippen LogP contribution in [0.25, 0.3) is 0 Å². The van der Waals surface area contributed by atoms with Gasteiger partial charge in [-0.3, -0.25) is 4.79 Å². The molecule has 0 fully saturated rings. The van der Waals surface area contributed by atoms with Gasteiger partial charge in [0.2, 0.25) is 5.91 Å². The van der Waals surface area contributed by atoms with Crippen molar-refractivity contribution in [3.63, 3.8) is 0 Å². The van der Waals surface area contributed by atoms with E-state index < -0.39 is 21.5 Å². The first kappa shape index (κ1) is 13.0. The third kappa shape index (κ3) is 4.12. The predicted molar refractivity (Wildman–Crippen MR) is 63.9 cm³/mol. The van der Waals surface area contributed by atoms with Crippen LogP contribution in [-0.4, -0.2) is 26.3 Å². The zero-order valence-electron chi connectivity index (χ0n) is 9.10. The SMILES string of the molecule is CS(=O)(=O)CC(=O)Nc1ccc(C#N)cc1N. The molecule has 17 heavy (non-hydrogen) atoms. The van der Waals surface area contributed by atoms with Gasteiger partial charge in [0.1, 0.15) is 5.75 Å². The Morgan fingerprint density at radius 2 is 2.18 bits per heavy atom. The van der Waals surface area contributed by atoms with E-state index in [1.54, 1.807) is 0 Å². The van der Waals surface area contributed by atoms with E-state index in [0.717, 1.165) is 6.26 Å². The minimum Gasteiger partial charge on any atom is -0.397 e. The lowest BCUT2D eigenvalue weighted by Gasteiger charge is -2.07. The summed E-state index contributed by atoms with van der Waals surface area (Å²) in [4.78, 5) is 11.3. The Morgan fingerprint density at radius 3 is 2.65 bits per heavy atom. The molecule has 0 bridgehead atoms. The molecule has 0 radical (unpaired) electrons. The number of nitriles is 1. The standard InChI is InChI=1S/C10H11N3O3S/c1-17(15,16)6-10(14)13-9-3-2-7(5-11)4-8(9)12/h2-4H,6,12H2,1H3,(H,13,14). The van der Waals surface area contributed by atoms with Crippen LogP contribution in [0.5, 0.6) is 0 Å². The minimum atomic E-state index is -3.37. The van der Waals surface area contributed by atoms with E-state index in [0.29, 0.717) is 5.56 Å². The van der Waals surface area contributed by atoms with Crippen LogP contribution in [0, 0.1) is 11.3 Å². The normalized spacial score (nSPS) is 10.6. The second-order valence-electron chi connectivity index (χ2n) is 3.53. The van der Waals surface area contributed by atoms with Crippen molar-refractivity contribution in [2.75, 3.05) is 23.1 Å². The van der Waals surface area contributed by atoms with Gasteiger partial charge in [0.05, 0.1) is 23.0 Å². The van der Waals surface area contributed by atoms with Crippen molar-refractivity contribution in [2.24, 2.45) is 0 Å². The molecule has 0 atom stereocenters. The molecule has 6 nitrogen and oxygen atoms in total. The summed E-state index contributed by atoms with van der Waals surface area (Å²) in [7, 11) is -3.37. The molecule has 0 aliphatic rings. The molecule has 0 saturated heterocycles. The number of carbonyl (C=O) groups excluding carboxylic acids is 1. The van der Waals surface area contributed by atoms with E-state index in [4.69, 9.17) is 11.0 Å². The number of benzene rings is 1. The van der Waals surface area contributed by atoms with Crippen LogP contribution < -0.4 is 11.1 Å². The average Bonchev–Trinajstić information content (AvgIpc) is 2.18. The zero-order chi connectivity index (χ0) is 13.1. The Morgan fingerprint density at radius 1 is 1.53 bits per heavy atom. The molecule has 1 rings (SSSR count). The summed E-state index contributed by atoms with van der Waals surface area (Å²) < 4.78 is 21.8. The van der Waals surface area contributed by atoms with Crippen LogP contribution in [0.15, 0.2) is 18.2 Å². The molecule has 0 aliphatic carbocycles. The summed E-state index contributed by atoms with van der Waals surface area (Å²) in [6.45, 7) is 0. The summed E-state index contributed by atoms with van der Waals surface area (Å²) in [6, 6.07) is 6.23. The van der Waals surface area contributed by atoms with Gasteiger partial charge >= 0.3 is 0 Å². The summed E-state index contributed by atoms with van der Waals surface area (Å²) in [5, 5.41) is 11.0. The lowest BCUT2D eigenvalue weighted by Crippen LogP contribution is -2.22. The summed E-state index contributed by atoms with van der Waals surface area (Å²) in [5.74, 6) is -1.27. The molecule has 1 aromatic carbocycles. The molecule has 1 amide bonds. The molecule has 0 spiro atoms. The molecule has 0 aromatic heterocycles. The number of sulfone groups is 1. The van der Waals surface area contributed by atoms with Crippen LogP contribution >= 0.6 is 0 Å². The highest BCUT2D eigenvalue weighted by Gasteiger charge is 2.12. The number of nitrogens with two attached hydrogens (primary N) is 1. The number of nitrogens with zero attached hydrogens (tertiary/aromatic N) is 1. The second kappa shape index (κ2) is 4.84. The van der Waals surface area contributed by atoms with Gasteiger partial charge in [-0.05, 0) is 18.2 Å². The molecule has 0 aliphatic heterocycles. The lowest BCUT2D eigenvalue weighted by atomic mass is 10.2. The monoisotopic (exact) mass is 253 g/mol. The fourth-order valence-electron chi connectivity index (χ4n) is 1.17. The van der Waals surface area contributed by atoms with E-state index in [9.17, 15) is 13.2 Å². The maximum Gasteiger partial charge on any atom is 0.239 e. The Labute approximate surface area is 99.0 Å². The third-order valence-corrected chi connectivity index (χ3v) is 2.63. The van der Waals surface area contributed by atoms with Crippen molar-refractivity contribution >= 4 is 27.1 Å². The first-order valence-corrected chi connectivity index (χ1v) is 6.65. The Bertz CT molecular complexity index is 587. The van der Waals surface area contributed by atoms with Crippen molar-refractivity contribution in [3.8, 4) is 6.07 Å². The molecular formula is C10H11N3O3S. The number of carbonyl (C=O) groups is 1. The number of hydrogen-bond acceptors (Lipinski definition) is 5. The van der Waals surface area contributed by atoms with Crippen LogP contribution in [0.4, 0.5) is 11.4 Å². The molecule has 7 heteroatoms. The van der Waals surface area contributed by atoms with Gasteiger partial charge in [-0.1, -0.05) is 0 Å². The van der Waals surface area contributed by atoms with Crippen molar-refractivity contribution in [1.82, 2.24) is 0 Å². The first-order chi connectivity index (χ1) is 7.81. The first-order valence-electron chi connectivity index (χ1n) is 4.59. The van der Waals surface area contributed by atoms with Gasteiger partial charge in [0, 0.05) is 6.26 Å². The number of hydrogen-bond donors (Lipinski definition) is 2. The number of amides is 1. The molecule has 90 valence electrons. The van der Waals surface area contributed by atoms with Crippen LogP contribution in [0.2, 0.25) is 0 Å². The molecule has 0 unspecified atom stereocenters. The van der Waals surface area contributed by atoms with Gasteiger partial charge in [0.25, 0.3) is 0 Å². The van der Waals surface area contributed by atoms with Crippen molar-refractivity contribution < 1.29 is 13.2 Å². The summed E-state index contributed by atoms with van der Waals surface area (Å²) in [6.07, 6.45) is 0.967. The summed E-state index contributed by atoms with van der Waals surface area (Å²) >= 11 is 0. The lowest BCUT2D eigenvalue weighted by molar-refractivity contribution is -0.113. The maximum absolute atomic E-state index is 11.3. The number of nitrogens with one attached hydrogen (secondary N) is 1. The van der Waals surface area contributed by atoms with Crippen molar-refractivity contribution in [1.29, 1.82) is 5.26 Å². The Kier molecular flexibility index (Phi) is 3.70. The van der Waals surface area contributed by atoms with Gasteiger partial charge in [-0.15, -0.1) is 0 Å². The molecular weight excluding hydrogens is 242 g/mol. The van der Waals surface area contributed by atoms with Crippen LogP contribution in [-0.2, 0) is 14.6 Å². The number of rotatable bonds is 3. The topological polar surface area (TPSA) is 113 Å². The van der Waals surface area contributed by atoms with E-state index in [1.165, 1.54) is 18.2 Å². The third-order valence-electron chi connectivity index (χ3n) is 1.85. The highest BCUT2D eigenvalue weighted by molar-refractivity contribution is 7.91. The van der Waals surface area contributed by atoms with Crippen molar-refractivity contribution in [3.05, 3.63) is 23.8 Å². The van der Waals surface area contributed by atoms with Gasteiger partial charge in [-0.25, -0.2) is 8.42 Å². The van der Waals surface area contributed by atoms with Gasteiger partial charge < -0.3 is 11.1 Å². The van der Waals surface area contributed by atoms with E-state index >= 15 is 0 Å². The second-order valence-corrected chi connectivity index (χ2v) is 5.67. The fraction of sp³-hybridized carbons (Fsp3) is 0.200. The van der Waals surface area contributed by atoms with E-state index in [1.807, 2.05) is 6.07 Å². The highest BCUT2D eigenvalue weighted by Crippen LogP contribution is 2.19.